The Kier molecular flexibility index (Phi) is 5.99. The second-order valence-corrected chi connectivity index (χ2v) is 14.4. The third-order valence-electron chi connectivity index (χ3n) is 6.49. The Morgan fingerprint density at radius 3 is 2.03 bits per heavy atom. The van der Waals surface area contributed by atoms with Gasteiger partial charge in [-0.3, -0.25) is 0 Å². The largest absolute Gasteiger partial charge is 0.404 e. The number of hydrogen-bond acceptors (Lipinski definition) is 5. The molecule has 2 aliphatic rings. The Balaban J connectivity index is 1.81. The van der Waals surface area contributed by atoms with E-state index in [4.69, 9.17) is 18.6 Å². The van der Waals surface area contributed by atoms with Crippen LogP contribution < -0.4 is 10.4 Å². The molecular weight excluding hydrogens is 420 g/mol. The van der Waals surface area contributed by atoms with Crippen molar-refractivity contribution in [3.05, 3.63) is 73.3 Å². The molecule has 2 saturated heterocycles. The standard InChI is InChI=1S/C26H34O5Si/c1-7-21-22-26(23(27)29-21,31-25(5,6)30-22)18-28-32(24(2,3)4,19-14-10-8-11-15-19)20-16-12-9-13-17-20/h7-17,21-23,27H,1,18H2,2-6H3/t21-,22+,23?,26+/m1/s1. The van der Waals surface area contributed by atoms with Crippen LogP contribution in [-0.2, 0) is 18.6 Å². The van der Waals surface area contributed by atoms with Gasteiger partial charge >= 0.3 is 0 Å². The number of aliphatic hydroxyl groups is 1. The summed E-state index contributed by atoms with van der Waals surface area (Å²) < 4.78 is 25.3. The number of aliphatic hydroxyl groups excluding tert-OH is 1. The van der Waals surface area contributed by atoms with Crippen molar-refractivity contribution >= 4 is 18.7 Å². The summed E-state index contributed by atoms with van der Waals surface area (Å²) in [6.07, 6.45) is -0.517. The minimum absolute atomic E-state index is 0.139. The van der Waals surface area contributed by atoms with E-state index >= 15 is 0 Å². The van der Waals surface area contributed by atoms with E-state index in [1.807, 2.05) is 26.0 Å². The Morgan fingerprint density at radius 2 is 1.56 bits per heavy atom. The fourth-order valence-electron chi connectivity index (χ4n) is 5.16. The van der Waals surface area contributed by atoms with Crippen molar-refractivity contribution in [2.24, 2.45) is 0 Å². The highest BCUT2D eigenvalue weighted by Crippen LogP contribution is 2.48. The molecule has 0 radical (unpaired) electrons. The van der Waals surface area contributed by atoms with Gasteiger partial charge in [0, 0.05) is 0 Å². The van der Waals surface area contributed by atoms with Crippen LogP contribution in [0.2, 0.25) is 5.04 Å². The molecule has 2 aliphatic heterocycles. The van der Waals surface area contributed by atoms with E-state index < -0.39 is 38.2 Å². The van der Waals surface area contributed by atoms with Crippen molar-refractivity contribution < 1.29 is 23.7 Å². The molecule has 0 saturated carbocycles. The molecule has 1 unspecified atom stereocenters. The van der Waals surface area contributed by atoms with Crippen LogP contribution in [-0.4, -0.2) is 49.9 Å². The zero-order valence-corrected chi connectivity index (χ0v) is 20.6. The van der Waals surface area contributed by atoms with E-state index in [9.17, 15) is 5.11 Å². The molecule has 0 aliphatic carbocycles. The van der Waals surface area contributed by atoms with Gasteiger partial charge in [0.1, 0.15) is 12.2 Å². The predicted molar refractivity (Wildman–Crippen MR) is 127 cm³/mol. The fourth-order valence-corrected chi connectivity index (χ4v) is 9.76. The first-order chi connectivity index (χ1) is 15.1. The summed E-state index contributed by atoms with van der Waals surface area (Å²) in [5.41, 5.74) is -1.14. The number of ether oxygens (including phenoxy) is 3. The van der Waals surface area contributed by atoms with Crippen LogP contribution in [0.4, 0.5) is 0 Å². The highest BCUT2D eigenvalue weighted by Gasteiger charge is 2.66. The van der Waals surface area contributed by atoms with Gasteiger partial charge in [0.15, 0.2) is 17.7 Å². The van der Waals surface area contributed by atoms with Gasteiger partial charge in [-0.15, -0.1) is 6.58 Å². The van der Waals surface area contributed by atoms with Crippen molar-refractivity contribution in [3.8, 4) is 0 Å². The molecule has 5 nitrogen and oxygen atoms in total. The van der Waals surface area contributed by atoms with E-state index in [1.165, 1.54) is 10.4 Å². The second kappa shape index (κ2) is 8.20. The summed E-state index contributed by atoms with van der Waals surface area (Å²) in [4.78, 5) is 0. The van der Waals surface area contributed by atoms with Crippen molar-refractivity contribution in [3.63, 3.8) is 0 Å². The van der Waals surface area contributed by atoms with Crippen LogP contribution in [0, 0.1) is 0 Å². The normalized spacial score (nSPS) is 29.6. The Hall–Kier alpha value is -1.80. The smallest absolute Gasteiger partial charge is 0.261 e. The third kappa shape index (κ3) is 3.69. The second-order valence-electron chi connectivity index (χ2n) is 10.1. The molecule has 2 aromatic rings. The Bertz CT molecular complexity index is 900. The van der Waals surface area contributed by atoms with Crippen LogP contribution in [0.15, 0.2) is 73.3 Å². The summed E-state index contributed by atoms with van der Waals surface area (Å²) in [6, 6.07) is 20.8. The van der Waals surface area contributed by atoms with Crippen LogP contribution in [0.25, 0.3) is 0 Å². The maximum Gasteiger partial charge on any atom is 0.261 e. The van der Waals surface area contributed by atoms with E-state index in [-0.39, 0.29) is 11.6 Å². The molecule has 2 fully saturated rings. The number of benzene rings is 2. The Morgan fingerprint density at radius 1 is 1.03 bits per heavy atom. The molecule has 0 bridgehead atoms. The van der Waals surface area contributed by atoms with Gasteiger partial charge in [-0.25, -0.2) is 0 Å². The molecular formula is C26H34O5Si. The van der Waals surface area contributed by atoms with Gasteiger partial charge in [0.25, 0.3) is 8.32 Å². The highest BCUT2D eigenvalue weighted by molar-refractivity contribution is 6.99. The van der Waals surface area contributed by atoms with E-state index in [1.54, 1.807) is 6.08 Å². The SMILES string of the molecule is C=C[C@H]1OC(O)[C@@]2(CO[Si](c3ccccc3)(c3ccccc3)C(C)(C)C)OC(C)(C)O[C@@H]12. The lowest BCUT2D eigenvalue weighted by molar-refractivity contribution is -0.247. The van der Waals surface area contributed by atoms with Gasteiger partial charge in [-0.1, -0.05) is 87.5 Å². The first kappa shape index (κ1) is 23.4. The van der Waals surface area contributed by atoms with Crippen molar-refractivity contribution in [2.75, 3.05) is 6.61 Å². The lowest BCUT2D eigenvalue weighted by Crippen LogP contribution is -2.68. The summed E-state index contributed by atoms with van der Waals surface area (Å²) in [7, 11) is -2.82. The molecule has 6 heteroatoms. The maximum atomic E-state index is 11.0. The summed E-state index contributed by atoms with van der Waals surface area (Å²) >= 11 is 0. The first-order valence-electron chi connectivity index (χ1n) is 11.1. The molecule has 0 aromatic heterocycles. The monoisotopic (exact) mass is 454 g/mol. The van der Waals surface area contributed by atoms with Gasteiger partial charge < -0.3 is 23.7 Å². The Labute approximate surface area is 192 Å². The van der Waals surface area contributed by atoms with E-state index in [0.717, 1.165) is 0 Å². The van der Waals surface area contributed by atoms with E-state index in [0.29, 0.717) is 0 Å². The van der Waals surface area contributed by atoms with Crippen molar-refractivity contribution in [1.29, 1.82) is 0 Å². The molecule has 1 N–H and O–H groups in total. The van der Waals surface area contributed by atoms with Gasteiger partial charge in [0.2, 0.25) is 0 Å². The number of rotatable bonds is 6. The predicted octanol–water partition coefficient (Wildman–Crippen LogP) is 3.36. The lowest BCUT2D eigenvalue weighted by atomic mass is 9.96. The molecule has 172 valence electrons. The first-order valence-corrected chi connectivity index (χ1v) is 13.1. The maximum absolute atomic E-state index is 11.0. The average Bonchev–Trinajstić information content (AvgIpc) is 3.17. The molecule has 2 heterocycles. The molecule has 4 atom stereocenters. The van der Waals surface area contributed by atoms with E-state index in [2.05, 4.69) is 75.9 Å². The van der Waals surface area contributed by atoms with Crippen LogP contribution in [0.5, 0.6) is 0 Å². The van der Waals surface area contributed by atoms with Gasteiger partial charge in [-0.05, 0) is 29.3 Å². The summed E-state index contributed by atoms with van der Waals surface area (Å²) in [5, 5.41) is 13.1. The van der Waals surface area contributed by atoms with Crippen molar-refractivity contribution in [2.45, 2.75) is 69.5 Å². The molecule has 2 aromatic carbocycles. The molecule has 4 rings (SSSR count). The minimum atomic E-state index is -2.82. The molecule has 0 amide bonds. The summed E-state index contributed by atoms with van der Waals surface area (Å²) in [5.74, 6) is -0.870. The number of fused-ring (bicyclic) bond motifs is 1. The zero-order chi connectivity index (χ0) is 23.2. The minimum Gasteiger partial charge on any atom is -0.404 e. The average molecular weight is 455 g/mol. The molecule has 32 heavy (non-hydrogen) atoms. The van der Waals surface area contributed by atoms with Crippen LogP contribution in [0.3, 0.4) is 0 Å². The van der Waals surface area contributed by atoms with Crippen LogP contribution in [0.1, 0.15) is 34.6 Å². The third-order valence-corrected chi connectivity index (χ3v) is 11.5. The summed E-state index contributed by atoms with van der Waals surface area (Å²) in [6.45, 7) is 14.4. The van der Waals surface area contributed by atoms with Crippen molar-refractivity contribution in [1.82, 2.24) is 0 Å². The topological polar surface area (TPSA) is 57.2 Å². The lowest BCUT2D eigenvalue weighted by Gasteiger charge is -2.45. The van der Waals surface area contributed by atoms with Crippen LogP contribution >= 0.6 is 0 Å². The van der Waals surface area contributed by atoms with Gasteiger partial charge in [-0.2, -0.15) is 0 Å². The quantitative estimate of drug-likeness (QED) is 0.536. The zero-order valence-electron chi connectivity index (χ0n) is 19.6. The molecule has 0 spiro atoms. The number of hydrogen-bond donors (Lipinski definition) is 1. The highest BCUT2D eigenvalue weighted by atomic mass is 28.4. The fraction of sp³-hybridized carbons (Fsp3) is 0.462. The van der Waals surface area contributed by atoms with Gasteiger partial charge in [0.05, 0.1) is 6.61 Å².